The van der Waals surface area contributed by atoms with E-state index in [4.69, 9.17) is 9.15 Å². The lowest BCUT2D eigenvalue weighted by Gasteiger charge is -2.29. The van der Waals surface area contributed by atoms with E-state index in [9.17, 15) is 26.4 Å². The first kappa shape index (κ1) is 29.8. The Balaban J connectivity index is 1.58. The molecule has 1 fully saturated rings. The van der Waals surface area contributed by atoms with Crippen LogP contribution in [-0.4, -0.2) is 74.4 Å². The molecule has 0 bridgehead atoms. The summed E-state index contributed by atoms with van der Waals surface area (Å²) in [5, 5.41) is 0. The van der Waals surface area contributed by atoms with Gasteiger partial charge in [-0.2, -0.15) is 17.5 Å². The Bertz CT molecular complexity index is 1330. The Morgan fingerprint density at radius 2 is 1.70 bits per heavy atom. The summed E-state index contributed by atoms with van der Waals surface area (Å²) in [7, 11) is -4.43. The lowest BCUT2D eigenvalue weighted by atomic mass is 10.2. The smallest absolute Gasteiger partial charge is 0.416 e. The Morgan fingerprint density at radius 1 is 0.950 bits per heavy atom. The van der Waals surface area contributed by atoms with Crippen molar-refractivity contribution in [3.8, 4) is 0 Å². The van der Waals surface area contributed by atoms with Crippen LogP contribution in [0.5, 0.6) is 0 Å². The van der Waals surface area contributed by atoms with Gasteiger partial charge in [-0.1, -0.05) is 36.4 Å². The van der Waals surface area contributed by atoms with Crippen LogP contribution in [-0.2, 0) is 38.8 Å². The zero-order chi connectivity index (χ0) is 28.6. The van der Waals surface area contributed by atoms with Crippen LogP contribution in [0.3, 0.4) is 0 Å². The van der Waals surface area contributed by atoms with E-state index >= 15 is 0 Å². The number of furan rings is 1. The first-order valence-corrected chi connectivity index (χ1v) is 14.4. The molecule has 0 atom stereocenters. The van der Waals surface area contributed by atoms with Gasteiger partial charge in [-0.3, -0.25) is 9.69 Å². The van der Waals surface area contributed by atoms with Gasteiger partial charge in [-0.25, -0.2) is 8.42 Å². The zero-order valence-electron chi connectivity index (χ0n) is 21.9. The number of amides is 1. The molecule has 3 aromatic rings. The van der Waals surface area contributed by atoms with Crippen LogP contribution in [0.4, 0.5) is 13.2 Å². The quantitative estimate of drug-likeness (QED) is 0.319. The van der Waals surface area contributed by atoms with Crippen molar-refractivity contribution in [1.82, 2.24) is 14.1 Å². The predicted molar refractivity (Wildman–Crippen MR) is 141 cm³/mol. The van der Waals surface area contributed by atoms with Gasteiger partial charge in [0.2, 0.25) is 15.9 Å². The van der Waals surface area contributed by atoms with Crippen LogP contribution >= 0.6 is 0 Å². The van der Waals surface area contributed by atoms with E-state index in [1.54, 1.807) is 12.1 Å². The molecule has 216 valence electrons. The van der Waals surface area contributed by atoms with Crippen molar-refractivity contribution in [3.63, 3.8) is 0 Å². The Labute approximate surface area is 232 Å². The molecule has 1 amide bonds. The number of morpholine rings is 1. The molecule has 2 heterocycles. The monoisotopic (exact) mass is 579 g/mol. The summed E-state index contributed by atoms with van der Waals surface area (Å²) >= 11 is 0. The molecule has 1 aromatic heterocycles. The van der Waals surface area contributed by atoms with E-state index in [0.717, 1.165) is 28.1 Å². The van der Waals surface area contributed by atoms with E-state index in [1.165, 1.54) is 11.2 Å². The molecule has 4 rings (SSSR count). The number of hydrogen-bond acceptors (Lipinski definition) is 6. The molecule has 40 heavy (non-hydrogen) atoms. The molecule has 0 radical (unpaired) electrons. The highest BCUT2D eigenvalue weighted by Gasteiger charge is 2.34. The lowest BCUT2D eigenvalue weighted by Crippen LogP contribution is -2.44. The Hall–Kier alpha value is -3.19. The molecule has 0 unspecified atom stereocenters. The second-order valence-electron chi connectivity index (χ2n) is 9.49. The van der Waals surface area contributed by atoms with Crippen LogP contribution in [0.1, 0.15) is 23.3 Å². The average Bonchev–Trinajstić information content (AvgIpc) is 3.46. The standard InChI is InChI=1S/C28H32F3N3O5S/c29-28(30,31)24-9-4-11-26(19-24)40(36,37)34(13-6-12-32-14-17-38-18-15-32)22-27(35)33(21-25-10-5-16-39-25)20-23-7-2-1-3-8-23/h1-5,7-11,16,19H,6,12-15,17-18,20-22H2. The van der Waals surface area contributed by atoms with E-state index in [1.807, 2.05) is 30.3 Å². The molecule has 0 saturated carbocycles. The van der Waals surface area contributed by atoms with Crippen LogP contribution in [0.2, 0.25) is 0 Å². The van der Waals surface area contributed by atoms with Gasteiger partial charge in [0.25, 0.3) is 0 Å². The maximum atomic E-state index is 13.7. The number of alkyl halides is 3. The van der Waals surface area contributed by atoms with Crippen LogP contribution in [0.25, 0.3) is 0 Å². The highest BCUT2D eigenvalue weighted by Crippen LogP contribution is 2.31. The van der Waals surface area contributed by atoms with Gasteiger partial charge in [-0.15, -0.1) is 0 Å². The minimum absolute atomic E-state index is 0.0401. The van der Waals surface area contributed by atoms with Crippen LogP contribution in [0, 0.1) is 0 Å². The summed E-state index contributed by atoms with van der Waals surface area (Å²) in [4.78, 5) is 16.7. The highest BCUT2D eigenvalue weighted by atomic mass is 32.2. The van der Waals surface area contributed by atoms with Crippen molar-refractivity contribution in [2.75, 3.05) is 45.9 Å². The van der Waals surface area contributed by atoms with Crippen molar-refractivity contribution in [1.29, 1.82) is 0 Å². The van der Waals surface area contributed by atoms with Crippen LogP contribution in [0.15, 0.2) is 82.3 Å². The van der Waals surface area contributed by atoms with E-state index in [2.05, 4.69) is 4.90 Å². The molecular weight excluding hydrogens is 547 g/mol. The van der Waals surface area contributed by atoms with Gasteiger partial charge in [0, 0.05) is 26.2 Å². The molecule has 12 heteroatoms. The molecule has 2 aromatic carbocycles. The van der Waals surface area contributed by atoms with E-state index < -0.39 is 39.1 Å². The fourth-order valence-electron chi connectivity index (χ4n) is 4.44. The number of carbonyl (C=O) groups excluding carboxylic acids is 1. The number of ether oxygens (including phenoxy) is 1. The molecule has 1 aliphatic rings. The number of rotatable bonds is 12. The summed E-state index contributed by atoms with van der Waals surface area (Å²) in [6.07, 6.45) is -2.84. The predicted octanol–water partition coefficient (Wildman–Crippen LogP) is 4.24. The first-order valence-electron chi connectivity index (χ1n) is 12.9. The van der Waals surface area contributed by atoms with Gasteiger partial charge < -0.3 is 14.1 Å². The van der Waals surface area contributed by atoms with Gasteiger partial charge in [-0.05, 0) is 48.9 Å². The second-order valence-corrected chi connectivity index (χ2v) is 11.4. The number of carbonyl (C=O) groups is 1. The topological polar surface area (TPSA) is 83.3 Å². The van der Waals surface area contributed by atoms with Crippen LogP contribution < -0.4 is 0 Å². The molecule has 1 aliphatic heterocycles. The summed E-state index contributed by atoms with van der Waals surface area (Å²) < 4.78 is 79.2. The van der Waals surface area contributed by atoms with Gasteiger partial charge in [0.15, 0.2) is 0 Å². The molecule has 0 spiro atoms. The van der Waals surface area contributed by atoms with Crippen molar-refractivity contribution < 1.29 is 35.5 Å². The number of nitrogens with zero attached hydrogens (tertiary/aromatic N) is 3. The maximum absolute atomic E-state index is 13.7. The lowest BCUT2D eigenvalue weighted by molar-refractivity contribution is -0.137. The number of halogens is 3. The third-order valence-electron chi connectivity index (χ3n) is 6.59. The highest BCUT2D eigenvalue weighted by molar-refractivity contribution is 7.89. The number of hydrogen-bond donors (Lipinski definition) is 0. The third kappa shape index (κ3) is 8.17. The normalized spacial score (nSPS) is 14.9. The SMILES string of the molecule is O=C(CN(CCCN1CCOCC1)S(=O)(=O)c1cccc(C(F)(F)F)c1)N(Cc1ccccc1)Cc1ccco1. The summed E-state index contributed by atoms with van der Waals surface area (Å²) in [6, 6.07) is 16.2. The minimum Gasteiger partial charge on any atom is -0.467 e. The molecular formula is C28H32F3N3O5S. The number of benzene rings is 2. The Morgan fingerprint density at radius 3 is 2.38 bits per heavy atom. The van der Waals surface area contributed by atoms with E-state index in [0.29, 0.717) is 51.1 Å². The third-order valence-corrected chi connectivity index (χ3v) is 8.43. The van der Waals surface area contributed by atoms with Crippen molar-refractivity contribution in [3.05, 3.63) is 89.9 Å². The summed E-state index contributed by atoms with van der Waals surface area (Å²) in [5.41, 5.74) is -0.237. The molecule has 1 saturated heterocycles. The maximum Gasteiger partial charge on any atom is 0.416 e. The van der Waals surface area contributed by atoms with Gasteiger partial charge >= 0.3 is 6.18 Å². The Kier molecular flexibility index (Phi) is 10.0. The largest absolute Gasteiger partial charge is 0.467 e. The number of sulfonamides is 1. The van der Waals surface area contributed by atoms with Gasteiger partial charge in [0.05, 0.1) is 43.0 Å². The minimum atomic E-state index is -4.71. The van der Waals surface area contributed by atoms with Crippen molar-refractivity contribution >= 4 is 15.9 Å². The molecule has 0 N–H and O–H groups in total. The van der Waals surface area contributed by atoms with Crippen molar-refractivity contribution in [2.45, 2.75) is 30.6 Å². The fraction of sp³-hybridized carbons (Fsp3) is 0.393. The first-order chi connectivity index (χ1) is 19.1. The van der Waals surface area contributed by atoms with E-state index in [-0.39, 0.29) is 19.6 Å². The molecule has 0 aliphatic carbocycles. The fourth-order valence-corrected chi connectivity index (χ4v) is 5.91. The molecule has 8 nitrogen and oxygen atoms in total. The van der Waals surface area contributed by atoms with Gasteiger partial charge in [0.1, 0.15) is 5.76 Å². The average molecular weight is 580 g/mol. The van der Waals surface area contributed by atoms with Crippen molar-refractivity contribution in [2.24, 2.45) is 0 Å². The zero-order valence-corrected chi connectivity index (χ0v) is 22.7. The second kappa shape index (κ2) is 13.4. The summed E-state index contributed by atoms with van der Waals surface area (Å²) in [5.74, 6) is 0.0195. The summed E-state index contributed by atoms with van der Waals surface area (Å²) in [6.45, 7) is 2.85.